The molecular formula is C15H20N2O4. The van der Waals surface area contributed by atoms with Crippen LogP contribution in [0.5, 0.6) is 5.75 Å². The summed E-state index contributed by atoms with van der Waals surface area (Å²) in [6.45, 7) is 4.83. The first-order chi connectivity index (χ1) is 9.97. The van der Waals surface area contributed by atoms with Gasteiger partial charge in [-0.1, -0.05) is 12.1 Å². The molecule has 1 aliphatic heterocycles. The fraction of sp³-hybridized carbons (Fsp3) is 0.467. The Morgan fingerprint density at radius 3 is 2.52 bits per heavy atom. The molecule has 0 saturated carbocycles. The summed E-state index contributed by atoms with van der Waals surface area (Å²) in [5, 5.41) is 0. The Bertz CT molecular complexity index is 522. The molecule has 1 aromatic rings. The van der Waals surface area contributed by atoms with E-state index < -0.39 is 5.91 Å². The number of hydrogen-bond donors (Lipinski definition) is 1. The number of ether oxygens (including phenoxy) is 2. The Labute approximate surface area is 123 Å². The van der Waals surface area contributed by atoms with E-state index in [-0.39, 0.29) is 30.3 Å². The monoisotopic (exact) mass is 292 g/mol. The highest BCUT2D eigenvalue weighted by molar-refractivity contribution is 5.95. The molecule has 2 unspecified atom stereocenters. The molecule has 1 aliphatic rings. The molecule has 1 fully saturated rings. The first-order valence-electron chi connectivity index (χ1n) is 6.92. The Morgan fingerprint density at radius 2 is 1.90 bits per heavy atom. The van der Waals surface area contributed by atoms with Gasteiger partial charge in [0, 0.05) is 13.1 Å². The van der Waals surface area contributed by atoms with E-state index in [4.69, 9.17) is 15.2 Å². The number of para-hydroxylation sites is 1. The predicted octanol–water partition coefficient (Wildman–Crippen LogP) is 0.800. The van der Waals surface area contributed by atoms with Gasteiger partial charge in [0.15, 0.2) is 6.61 Å². The van der Waals surface area contributed by atoms with Crippen LogP contribution < -0.4 is 10.5 Å². The number of carbonyl (C=O) groups is 2. The largest absolute Gasteiger partial charge is 0.483 e. The predicted molar refractivity (Wildman–Crippen MR) is 77.0 cm³/mol. The molecule has 0 bridgehead atoms. The molecule has 0 spiro atoms. The molecule has 114 valence electrons. The van der Waals surface area contributed by atoms with Gasteiger partial charge in [0.25, 0.3) is 11.8 Å². The topological polar surface area (TPSA) is 81.9 Å². The number of nitrogens with two attached hydrogens (primary N) is 1. The van der Waals surface area contributed by atoms with Crippen molar-refractivity contribution in [2.75, 3.05) is 19.7 Å². The summed E-state index contributed by atoms with van der Waals surface area (Å²) in [7, 11) is 0. The number of morpholine rings is 1. The SMILES string of the molecule is CC1CN(C(=O)COc2ccccc2C(N)=O)CC(C)O1. The lowest BCUT2D eigenvalue weighted by Crippen LogP contribution is -2.49. The van der Waals surface area contributed by atoms with Gasteiger partial charge in [0.2, 0.25) is 0 Å². The summed E-state index contributed by atoms with van der Waals surface area (Å²) < 4.78 is 11.0. The molecule has 1 heterocycles. The number of hydrogen-bond acceptors (Lipinski definition) is 4. The summed E-state index contributed by atoms with van der Waals surface area (Å²) in [5.41, 5.74) is 5.54. The zero-order valence-electron chi connectivity index (χ0n) is 12.2. The average Bonchev–Trinajstić information content (AvgIpc) is 2.43. The van der Waals surface area contributed by atoms with E-state index in [9.17, 15) is 9.59 Å². The van der Waals surface area contributed by atoms with E-state index in [1.807, 2.05) is 13.8 Å². The fourth-order valence-electron chi connectivity index (χ4n) is 2.41. The lowest BCUT2D eigenvalue weighted by Gasteiger charge is -2.35. The van der Waals surface area contributed by atoms with E-state index in [1.54, 1.807) is 29.2 Å². The molecule has 0 radical (unpaired) electrons. The lowest BCUT2D eigenvalue weighted by atomic mass is 10.2. The van der Waals surface area contributed by atoms with Crippen molar-refractivity contribution in [3.8, 4) is 5.75 Å². The summed E-state index contributed by atoms with van der Waals surface area (Å²) in [5.74, 6) is -0.379. The normalized spacial score (nSPS) is 21.9. The van der Waals surface area contributed by atoms with Gasteiger partial charge in [0.1, 0.15) is 5.75 Å². The summed E-state index contributed by atoms with van der Waals surface area (Å²) >= 11 is 0. The van der Waals surface area contributed by atoms with Crippen molar-refractivity contribution in [3.63, 3.8) is 0 Å². The number of carbonyl (C=O) groups excluding carboxylic acids is 2. The maximum atomic E-state index is 12.2. The third kappa shape index (κ3) is 3.95. The molecule has 21 heavy (non-hydrogen) atoms. The summed E-state index contributed by atoms with van der Waals surface area (Å²) in [6, 6.07) is 6.62. The summed E-state index contributed by atoms with van der Waals surface area (Å²) in [6.07, 6.45) is 0.0196. The molecule has 6 nitrogen and oxygen atoms in total. The van der Waals surface area contributed by atoms with Gasteiger partial charge in [-0.2, -0.15) is 0 Å². The standard InChI is InChI=1S/C15H20N2O4/c1-10-7-17(8-11(2)21-10)14(18)9-20-13-6-4-3-5-12(13)15(16)19/h3-6,10-11H,7-9H2,1-2H3,(H2,16,19). The highest BCUT2D eigenvalue weighted by Gasteiger charge is 2.26. The van der Waals surface area contributed by atoms with Crippen LogP contribution in [-0.2, 0) is 9.53 Å². The highest BCUT2D eigenvalue weighted by Crippen LogP contribution is 2.17. The lowest BCUT2D eigenvalue weighted by molar-refractivity contribution is -0.145. The molecule has 2 N–H and O–H groups in total. The minimum Gasteiger partial charge on any atom is -0.483 e. The number of nitrogens with zero attached hydrogens (tertiary/aromatic N) is 1. The molecule has 2 amide bonds. The van der Waals surface area contributed by atoms with Crippen LogP contribution >= 0.6 is 0 Å². The van der Waals surface area contributed by atoms with Crippen molar-refractivity contribution in [1.29, 1.82) is 0 Å². The quantitative estimate of drug-likeness (QED) is 0.890. The first kappa shape index (κ1) is 15.3. The van der Waals surface area contributed by atoms with Crippen LogP contribution in [0.15, 0.2) is 24.3 Å². The smallest absolute Gasteiger partial charge is 0.260 e. The van der Waals surface area contributed by atoms with Crippen LogP contribution in [0, 0.1) is 0 Å². The highest BCUT2D eigenvalue weighted by atomic mass is 16.5. The van der Waals surface area contributed by atoms with Crippen molar-refractivity contribution < 1.29 is 19.1 Å². The fourth-order valence-corrected chi connectivity index (χ4v) is 2.41. The Balaban J connectivity index is 1.97. The molecule has 2 rings (SSSR count). The second kappa shape index (κ2) is 6.58. The van der Waals surface area contributed by atoms with Crippen molar-refractivity contribution in [2.24, 2.45) is 5.73 Å². The van der Waals surface area contributed by atoms with E-state index in [0.717, 1.165) is 0 Å². The van der Waals surface area contributed by atoms with Gasteiger partial charge in [-0.05, 0) is 26.0 Å². The molecule has 0 aliphatic carbocycles. The molecular weight excluding hydrogens is 272 g/mol. The maximum Gasteiger partial charge on any atom is 0.260 e. The number of primary amides is 1. The van der Waals surface area contributed by atoms with Gasteiger partial charge < -0.3 is 20.1 Å². The maximum absolute atomic E-state index is 12.2. The number of amides is 2. The third-order valence-electron chi connectivity index (χ3n) is 3.28. The van der Waals surface area contributed by atoms with Gasteiger partial charge in [-0.25, -0.2) is 0 Å². The van der Waals surface area contributed by atoms with Crippen LogP contribution in [0.3, 0.4) is 0 Å². The Hall–Kier alpha value is -2.08. The number of rotatable bonds is 4. The van der Waals surface area contributed by atoms with Gasteiger partial charge in [-0.3, -0.25) is 9.59 Å². The van der Waals surface area contributed by atoms with Gasteiger partial charge in [0.05, 0.1) is 17.8 Å². The van der Waals surface area contributed by atoms with E-state index in [2.05, 4.69) is 0 Å². The summed E-state index contributed by atoms with van der Waals surface area (Å²) in [4.78, 5) is 25.2. The van der Waals surface area contributed by atoms with Crippen LogP contribution in [-0.4, -0.2) is 48.6 Å². The molecule has 2 atom stereocenters. The van der Waals surface area contributed by atoms with Crippen molar-refractivity contribution in [2.45, 2.75) is 26.1 Å². The van der Waals surface area contributed by atoms with Crippen molar-refractivity contribution >= 4 is 11.8 Å². The minimum absolute atomic E-state index is 0.00982. The van der Waals surface area contributed by atoms with Gasteiger partial charge in [-0.15, -0.1) is 0 Å². The average molecular weight is 292 g/mol. The first-order valence-corrected chi connectivity index (χ1v) is 6.92. The van der Waals surface area contributed by atoms with E-state index in [1.165, 1.54) is 0 Å². The third-order valence-corrected chi connectivity index (χ3v) is 3.28. The van der Waals surface area contributed by atoms with Crippen LogP contribution in [0.1, 0.15) is 24.2 Å². The van der Waals surface area contributed by atoms with Crippen LogP contribution in [0.4, 0.5) is 0 Å². The molecule has 6 heteroatoms. The minimum atomic E-state index is -0.577. The Kier molecular flexibility index (Phi) is 4.80. The zero-order chi connectivity index (χ0) is 15.4. The molecule has 0 aromatic heterocycles. The Morgan fingerprint density at radius 1 is 1.29 bits per heavy atom. The molecule has 1 saturated heterocycles. The van der Waals surface area contributed by atoms with Crippen molar-refractivity contribution in [1.82, 2.24) is 4.90 Å². The zero-order valence-corrected chi connectivity index (χ0v) is 12.2. The van der Waals surface area contributed by atoms with E-state index >= 15 is 0 Å². The van der Waals surface area contributed by atoms with E-state index in [0.29, 0.717) is 18.8 Å². The second-order valence-electron chi connectivity index (χ2n) is 5.21. The van der Waals surface area contributed by atoms with Gasteiger partial charge >= 0.3 is 0 Å². The van der Waals surface area contributed by atoms with Crippen molar-refractivity contribution in [3.05, 3.63) is 29.8 Å². The van der Waals surface area contributed by atoms with Crippen LogP contribution in [0.25, 0.3) is 0 Å². The number of benzene rings is 1. The van der Waals surface area contributed by atoms with Crippen LogP contribution in [0.2, 0.25) is 0 Å². The molecule has 1 aromatic carbocycles. The second-order valence-corrected chi connectivity index (χ2v) is 5.21.